The number of benzene rings is 2. The van der Waals surface area contributed by atoms with Gasteiger partial charge in [0, 0.05) is 12.6 Å². The van der Waals surface area contributed by atoms with Gasteiger partial charge in [-0.2, -0.15) is 0 Å². The summed E-state index contributed by atoms with van der Waals surface area (Å²) in [6.45, 7) is 4.52. The molecule has 7 nitrogen and oxygen atoms in total. The third-order valence-electron chi connectivity index (χ3n) is 4.17. The van der Waals surface area contributed by atoms with Crippen LogP contribution >= 0.6 is 0 Å². The number of ether oxygens (including phenoxy) is 4. The largest absolute Gasteiger partial charge is 0.494 e. The van der Waals surface area contributed by atoms with Crippen LogP contribution in [-0.4, -0.2) is 31.4 Å². The number of carbonyl (C=O) groups excluding carboxylic acids is 2. The zero-order valence-electron chi connectivity index (χ0n) is 16.3. The van der Waals surface area contributed by atoms with E-state index in [1.165, 1.54) is 13.0 Å². The fourth-order valence-corrected chi connectivity index (χ4v) is 2.66. The second-order valence-corrected chi connectivity index (χ2v) is 6.32. The predicted octanol–water partition coefficient (Wildman–Crippen LogP) is 3.08. The molecule has 1 N–H and O–H groups in total. The Bertz CT molecular complexity index is 891. The maximum atomic E-state index is 12.2. The molecular weight excluding hydrogens is 374 g/mol. The predicted molar refractivity (Wildman–Crippen MR) is 107 cm³/mol. The molecule has 7 heteroatoms. The van der Waals surface area contributed by atoms with Gasteiger partial charge in [-0.1, -0.05) is 18.2 Å². The molecule has 0 aliphatic carbocycles. The van der Waals surface area contributed by atoms with E-state index in [4.69, 9.17) is 18.9 Å². The first kappa shape index (κ1) is 20.3. The van der Waals surface area contributed by atoms with E-state index in [-0.39, 0.29) is 12.7 Å². The van der Waals surface area contributed by atoms with Crippen molar-refractivity contribution in [2.24, 2.45) is 0 Å². The molecule has 1 aliphatic heterocycles. The van der Waals surface area contributed by atoms with Crippen LogP contribution in [0.1, 0.15) is 25.0 Å². The topological polar surface area (TPSA) is 83.1 Å². The van der Waals surface area contributed by atoms with Crippen LogP contribution in [0.15, 0.2) is 48.5 Å². The zero-order valence-corrected chi connectivity index (χ0v) is 16.3. The summed E-state index contributed by atoms with van der Waals surface area (Å²) < 4.78 is 21.1. The fraction of sp³-hybridized carbons (Fsp3) is 0.273. The Morgan fingerprint density at radius 3 is 2.66 bits per heavy atom. The van der Waals surface area contributed by atoms with Gasteiger partial charge >= 0.3 is 5.97 Å². The van der Waals surface area contributed by atoms with Gasteiger partial charge in [-0.3, -0.25) is 4.79 Å². The van der Waals surface area contributed by atoms with Crippen LogP contribution in [0.4, 0.5) is 0 Å². The smallest absolute Gasteiger partial charge is 0.331 e. The maximum absolute atomic E-state index is 12.2. The van der Waals surface area contributed by atoms with E-state index in [0.29, 0.717) is 24.7 Å². The minimum absolute atomic E-state index is 0.197. The van der Waals surface area contributed by atoms with Gasteiger partial charge in [-0.15, -0.1) is 0 Å². The monoisotopic (exact) mass is 397 g/mol. The second-order valence-electron chi connectivity index (χ2n) is 6.32. The highest BCUT2D eigenvalue weighted by Crippen LogP contribution is 2.32. The lowest BCUT2D eigenvalue weighted by Crippen LogP contribution is -2.35. The van der Waals surface area contributed by atoms with Crippen molar-refractivity contribution in [2.75, 3.05) is 13.4 Å². The molecular formula is C22H23NO6. The van der Waals surface area contributed by atoms with Gasteiger partial charge in [0.2, 0.25) is 6.79 Å². The van der Waals surface area contributed by atoms with E-state index in [1.807, 2.05) is 37.3 Å². The quantitative estimate of drug-likeness (QED) is 0.545. The minimum Gasteiger partial charge on any atom is -0.494 e. The molecule has 0 saturated carbocycles. The van der Waals surface area contributed by atoms with Crippen molar-refractivity contribution in [3.63, 3.8) is 0 Å². The van der Waals surface area contributed by atoms with Crippen LogP contribution in [0.25, 0.3) is 6.08 Å². The van der Waals surface area contributed by atoms with Gasteiger partial charge in [0.05, 0.1) is 6.61 Å². The normalized spacial score (nSPS) is 13.2. The molecule has 2 aromatic rings. The first-order valence-electron chi connectivity index (χ1n) is 9.33. The van der Waals surface area contributed by atoms with Crippen molar-refractivity contribution in [3.05, 3.63) is 59.7 Å². The van der Waals surface area contributed by atoms with Gasteiger partial charge < -0.3 is 24.3 Å². The molecule has 0 spiro atoms. The first-order valence-corrected chi connectivity index (χ1v) is 9.33. The number of hydrogen-bond donors (Lipinski definition) is 1. The first-order chi connectivity index (χ1) is 14.0. The van der Waals surface area contributed by atoms with Crippen LogP contribution in [0, 0.1) is 0 Å². The fourth-order valence-electron chi connectivity index (χ4n) is 2.66. The van der Waals surface area contributed by atoms with Crippen LogP contribution < -0.4 is 19.5 Å². The second kappa shape index (κ2) is 9.64. The summed E-state index contributed by atoms with van der Waals surface area (Å²) >= 11 is 0. The van der Waals surface area contributed by atoms with E-state index in [1.54, 1.807) is 18.2 Å². The molecule has 0 bridgehead atoms. The Kier molecular flexibility index (Phi) is 6.73. The van der Waals surface area contributed by atoms with Crippen LogP contribution in [0.3, 0.4) is 0 Å². The molecule has 1 amide bonds. The highest BCUT2D eigenvalue weighted by Gasteiger charge is 2.17. The van der Waals surface area contributed by atoms with Gasteiger partial charge in [-0.25, -0.2) is 4.79 Å². The molecule has 3 rings (SSSR count). The van der Waals surface area contributed by atoms with Crippen LogP contribution in [0.5, 0.6) is 17.2 Å². The summed E-state index contributed by atoms with van der Waals surface area (Å²) in [6.07, 6.45) is 1.99. The summed E-state index contributed by atoms with van der Waals surface area (Å²) in [7, 11) is 0. The molecule has 0 saturated heterocycles. The molecule has 0 radical (unpaired) electrons. The lowest BCUT2D eigenvalue weighted by atomic mass is 10.2. The standard InChI is InChI=1S/C22H23NO6/c1-3-26-18-8-4-16(5-9-18)7-11-21(24)29-15(2)22(25)23-13-17-6-10-19-20(12-17)28-14-27-19/h4-12,15H,3,13-14H2,1-2H3,(H,23,25)/b11-7+/t15-/m1/s1. The van der Waals surface area contributed by atoms with E-state index in [9.17, 15) is 9.59 Å². The lowest BCUT2D eigenvalue weighted by molar-refractivity contribution is -0.150. The summed E-state index contributed by atoms with van der Waals surface area (Å²) in [6, 6.07) is 12.7. The van der Waals surface area contributed by atoms with Gasteiger partial charge in [0.15, 0.2) is 17.6 Å². The van der Waals surface area contributed by atoms with E-state index in [2.05, 4.69) is 5.32 Å². The number of amides is 1. The molecule has 0 fully saturated rings. The minimum atomic E-state index is -0.915. The third-order valence-corrected chi connectivity index (χ3v) is 4.17. The number of carbonyl (C=O) groups is 2. The summed E-state index contributed by atoms with van der Waals surface area (Å²) in [5.74, 6) is 1.12. The average molecular weight is 397 g/mol. The Morgan fingerprint density at radius 2 is 1.90 bits per heavy atom. The van der Waals surface area contributed by atoms with E-state index < -0.39 is 12.1 Å². The number of esters is 1. The molecule has 152 valence electrons. The zero-order chi connectivity index (χ0) is 20.6. The van der Waals surface area contributed by atoms with Crippen LogP contribution in [-0.2, 0) is 20.9 Å². The summed E-state index contributed by atoms with van der Waals surface area (Å²) in [4.78, 5) is 24.1. The van der Waals surface area contributed by atoms with Crippen molar-refractivity contribution in [1.29, 1.82) is 0 Å². The molecule has 0 unspecified atom stereocenters. The number of rotatable bonds is 8. The van der Waals surface area contributed by atoms with E-state index in [0.717, 1.165) is 16.9 Å². The number of nitrogens with one attached hydrogen (secondary N) is 1. The molecule has 1 aliphatic rings. The Morgan fingerprint density at radius 1 is 1.14 bits per heavy atom. The van der Waals surface area contributed by atoms with E-state index >= 15 is 0 Å². The SMILES string of the molecule is CCOc1ccc(/C=C/C(=O)O[C@H](C)C(=O)NCc2ccc3c(c2)OCO3)cc1. The highest BCUT2D eigenvalue weighted by molar-refractivity contribution is 5.90. The molecule has 1 atom stereocenters. The molecule has 1 heterocycles. The van der Waals surface area contributed by atoms with Crippen LogP contribution in [0.2, 0.25) is 0 Å². The van der Waals surface area contributed by atoms with Crippen molar-refractivity contribution in [2.45, 2.75) is 26.5 Å². The maximum Gasteiger partial charge on any atom is 0.331 e. The van der Waals surface area contributed by atoms with Crippen molar-refractivity contribution < 1.29 is 28.5 Å². The lowest BCUT2D eigenvalue weighted by Gasteiger charge is -2.12. The third kappa shape index (κ3) is 5.75. The van der Waals surface area contributed by atoms with Gasteiger partial charge in [-0.05, 0) is 55.3 Å². The van der Waals surface area contributed by atoms with Crippen molar-refractivity contribution >= 4 is 18.0 Å². The van der Waals surface area contributed by atoms with Gasteiger partial charge in [0.25, 0.3) is 5.91 Å². The van der Waals surface area contributed by atoms with Crippen molar-refractivity contribution in [1.82, 2.24) is 5.32 Å². The molecule has 29 heavy (non-hydrogen) atoms. The summed E-state index contributed by atoms with van der Waals surface area (Å²) in [5, 5.41) is 2.74. The molecule has 0 aromatic heterocycles. The van der Waals surface area contributed by atoms with Gasteiger partial charge in [0.1, 0.15) is 5.75 Å². The average Bonchev–Trinajstić information content (AvgIpc) is 3.19. The number of hydrogen-bond acceptors (Lipinski definition) is 6. The summed E-state index contributed by atoms with van der Waals surface area (Å²) in [5.41, 5.74) is 1.68. The van der Waals surface area contributed by atoms with Crippen molar-refractivity contribution in [3.8, 4) is 17.2 Å². The Hall–Kier alpha value is -3.48. The molecule has 2 aromatic carbocycles. The highest BCUT2D eigenvalue weighted by atomic mass is 16.7. The number of fused-ring (bicyclic) bond motifs is 1. The Labute approximate surface area is 169 Å². The Balaban J connectivity index is 1.45.